The minimum atomic E-state index is 0.0634. The summed E-state index contributed by atoms with van der Waals surface area (Å²) in [5.74, 6) is 0. The lowest BCUT2D eigenvalue weighted by Gasteiger charge is -2.10. The molecule has 17 heavy (non-hydrogen) atoms. The molecule has 1 atom stereocenters. The van der Waals surface area contributed by atoms with Gasteiger partial charge in [-0.25, -0.2) is 0 Å². The van der Waals surface area contributed by atoms with Crippen LogP contribution in [0, 0.1) is 0 Å². The second kappa shape index (κ2) is 6.57. The number of nitrogens with one attached hydrogen (secondary N) is 1. The fourth-order valence-corrected chi connectivity index (χ4v) is 2.10. The van der Waals surface area contributed by atoms with Gasteiger partial charge >= 0.3 is 0 Å². The van der Waals surface area contributed by atoms with Gasteiger partial charge in [-0.15, -0.1) is 0 Å². The molecule has 4 heteroatoms. The van der Waals surface area contributed by atoms with Crippen LogP contribution in [0.3, 0.4) is 0 Å². The van der Waals surface area contributed by atoms with E-state index in [0.717, 1.165) is 32.7 Å². The highest BCUT2D eigenvalue weighted by Gasteiger charge is 2.14. The van der Waals surface area contributed by atoms with Gasteiger partial charge in [0.15, 0.2) is 0 Å². The Bertz CT molecular complexity index is 383. The number of hydrogen-bond donors (Lipinski definition) is 1. The Kier molecular flexibility index (Phi) is 4.76. The topological polar surface area (TPSA) is 43.3 Å². The average molecular weight is 236 g/mol. The van der Waals surface area contributed by atoms with Crippen LogP contribution in [0.25, 0.3) is 0 Å². The normalized spacial score (nSPS) is 19.6. The minimum absolute atomic E-state index is 0.0634. The Morgan fingerprint density at radius 1 is 1.41 bits per heavy atom. The first-order chi connectivity index (χ1) is 8.36. The van der Waals surface area contributed by atoms with Crippen molar-refractivity contribution in [2.24, 2.45) is 0 Å². The molecule has 0 spiro atoms. The molecule has 1 aliphatic heterocycles. The molecule has 1 aromatic rings. The molecule has 0 saturated carbocycles. The standard InChI is InChI=1S/C13H20N2O2/c16-13-5-1-2-9-15(13)10-8-14-7-6-12-4-3-11-17-12/h1-2,5,9,12,14H,3-4,6-8,10-11H2. The maximum atomic E-state index is 11.4. The highest BCUT2D eigenvalue weighted by Crippen LogP contribution is 2.14. The van der Waals surface area contributed by atoms with Crippen LogP contribution >= 0.6 is 0 Å². The number of pyridine rings is 1. The molecule has 0 bridgehead atoms. The summed E-state index contributed by atoms with van der Waals surface area (Å²) < 4.78 is 7.26. The van der Waals surface area contributed by atoms with E-state index in [1.807, 2.05) is 12.3 Å². The SMILES string of the molecule is O=c1ccccn1CCNCCC1CCCO1. The van der Waals surface area contributed by atoms with Gasteiger partial charge in [0, 0.05) is 32.0 Å². The quantitative estimate of drug-likeness (QED) is 0.750. The lowest BCUT2D eigenvalue weighted by Crippen LogP contribution is -2.27. The molecule has 1 aromatic heterocycles. The van der Waals surface area contributed by atoms with Crippen molar-refractivity contribution in [2.45, 2.75) is 31.9 Å². The molecule has 94 valence electrons. The summed E-state index contributed by atoms with van der Waals surface area (Å²) in [5.41, 5.74) is 0.0634. The van der Waals surface area contributed by atoms with Crippen molar-refractivity contribution in [1.29, 1.82) is 0 Å². The number of ether oxygens (including phenoxy) is 1. The molecule has 1 saturated heterocycles. The van der Waals surface area contributed by atoms with Gasteiger partial charge < -0.3 is 14.6 Å². The summed E-state index contributed by atoms with van der Waals surface area (Å²) in [6.07, 6.45) is 5.74. The minimum Gasteiger partial charge on any atom is -0.378 e. The first-order valence-electron chi connectivity index (χ1n) is 6.34. The van der Waals surface area contributed by atoms with Crippen LogP contribution in [0.5, 0.6) is 0 Å². The second-order valence-corrected chi connectivity index (χ2v) is 4.41. The zero-order valence-electron chi connectivity index (χ0n) is 10.1. The Morgan fingerprint density at radius 2 is 2.35 bits per heavy atom. The van der Waals surface area contributed by atoms with Crippen LogP contribution < -0.4 is 10.9 Å². The summed E-state index contributed by atoms with van der Waals surface area (Å²) >= 11 is 0. The van der Waals surface area contributed by atoms with Gasteiger partial charge in [0.25, 0.3) is 5.56 Å². The second-order valence-electron chi connectivity index (χ2n) is 4.41. The highest BCUT2D eigenvalue weighted by molar-refractivity contribution is 4.93. The third-order valence-corrected chi connectivity index (χ3v) is 3.10. The van der Waals surface area contributed by atoms with Gasteiger partial charge in [-0.1, -0.05) is 6.07 Å². The average Bonchev–Trinajstić information content (AvgIpc) is 2.84. The van der Waals surface area contributed by atoms with Crippen molar-refractivity contribution < 1.29 is 4.74 Å². The van der Waals surface area contributed by atoms with E-state index >= 15 is 0 Å². The molecule has 2 heterocycles. The van der Waals surface area contributed by atoms with Gasteiger partial charge in [0.05, 0.1) is 6.10 Å². The van der Waals surface area contributed by atoms with Crippen LogP contribution in [0.15, 0.2) is 29.2 Å². The number of rotatable bonds is 6. The van der Waals surface area contributed by atoms with Crippen molar-refractivity contribution in [3.8, 4) is 0 Å². The van der Waals surface area contributed by atoms with Crippen LogP contribution in [-0.4, -0.2) is 30.4 Å². The smallest absolute Gasteiger partial charge is 0.250 e. The fourth-order valence-electron chi connectivity index (χ4n) is 2.10. The molecule has 0 amide bonds. The third kappa shape index (κ3) is 3.98. The van der Waals surface area contributed by atoms with Crippen LogP contribution in [0.1, 0.15) is 19.3 Å². The first kappa shape index (κ1) is 12.3. The molecule has 1 N–H and O–H groups in total. The maximum absolute atomic E-state index is 11.4. The summed E-state index contributed by atoms with van der Waals surface area (Å²) in [6.45, 7) is 3.44. The highest BCUT2D eigenvalue weighted by atomic mass is 16.5. The van der Waals surface area contributed by atoms with Gasteiger partial charge in [-0.2, -0.15) is 0 Å². The van der Waals surface area contributed by atoms with E-state index in [0.29, 0.717) is 6.10 Å². The molecule has 0 aromatic carbocycles. The third-order valence-electron chi connectivity index (χ3n) is 3.10. The monoisotopic (exact) mass is 236 g/mol. The van der Waals surface area contributed by atoms with Crippen LogP contribution in [-0.2, 0) is 11.3 Å². The zero-order chi connectivity index (χ0) is 11.9. The maximum Gasteiger partial charge on any atom is 0.250 e. The van der Waals surface area contributed by atoms with Crippen LogP contribution in [0.4, 0.5) is 0 Å². The summed E-state index contributed by atoms with van der Waals surface area (Å²) in [4.78, 5) is 11.4. The Morgan fingerprint density at radius 3 is 3.12 bits per heavy atom. The van der Waals surface area contributed by atoms with Crippen molar-refractivity contribution in [1.82, 2.24) is 9.88 Å². The number of hydrogen-bond acceptors (Lipinski definition) is 3. The zero-order valence-corrected chi connectivity index (χ0v) is 10.1. The Labute approximate surface area is 102 Å². The lowest BCUT2D eigenvalue weighted by molar-refractivity contribution is 0.104. The number of nitrogens with zero attached hydrogens (tertiary/aromatic N) is 1. The molecule has 1 unspecified atom stereocenters. The lowest BCUT2D eigenvalue weighted by atomic mass is 10.2. The van der Waals surface area contributed by atoms with E-state index < -0.39 is 0 Å². The molecular weight excluding hydrogens is 216 g/mol. The van der Waals surface area contributed by atoms with Crippen molar-refractivity contribution >= 4 is 0 Å². The molecular formula is C13H20N2O2. The van der Waals surface area contributed by atoms with Crippen molar-refractivity contribution in [2.75, 3.05) is 19.7 Å². The van der Waals surface area contributed by atoms with E-state index in [1.54, 1.807) is 16.7 Å². The molecule has 1 fully saturated rings. The molecule has 1 aliphatic rings. The van der Waals surface area contributed by atoms with Crippen molar-refractivity contribution in [3.05, 3.63) is 34.7 Å². The molecule has 0 radical (unpaired) electrons. The molecule has 4 nitrogen and oxygen atoms in total. The summed E-state index contributed by atoms with van der Waals surface area (Å²) in [7, 11) is 0. The molecule has 0 aliphatic carbocycles. The van der Waals surface area contributed by atoms with E-state index in [-0.39, 0.29) is 5.56 Å². The predicted octanol–water partition coefficient (Wildman–Crippen LogP) is 1.01. The summed E-state index contributed by atoms with van der Waals surface area (Å²) in [6, 6.07) is 5.24. The van der Waals surface area contributed by atoms with Crippen LogP contribution in [0.2, 0.25) is 0 Å². The largest absolute Gasteiger partial charge is 0.378 e. The van der Waals surface area contributed by atoms with Gasteiger partial charge in [0.1, 0.15) is 0 Å². The predicted molar refractivity (Wildman–Crippen MR) is 67.2 cm³/mol. The number of aromatic nitrogens is 1. The van der Waals surface area contributed by atoms with E-state index in [2.05, 4.69) is 5.32 Å². The Hall–Kier alpha value is -1.13. The van der Waals surface area contributed by atoms with E-state index in [9.17, 15) is 4.79 Å². The fraction of sp³-hybridized carbons (Fsp3) is 0.615. The van der Waals surface area contributed by atoms with E-state index in [4.69, 9.17) is 4.74 Å². The first-order valence-corrected chi connectivity index (χ1v) is 6.34. The van der Waals surface area contributed by atoms with E-state index in [1.165, 1.54) is 12.8 Å². The molecule has 2 rings (SSSR count). The van der Waals surface area contributed by atoms with Gasteiger partial charge in [0.2, 0.25) is 0 Å². The van der Waals surface area contributed by atoms with Gasteiger partial charge in [-0.05, 0) is 31.9 Å². The summed E-state index contributed by atoms with van der Waals surface area (Å²) in [5, 5.41) is 3.35. The van der Waals surface area contributed by atoms with Gasteiger partial charge in [-0.3, -0.25) is 4.79 Å². The Balaban J connectivity index is 1.60. The van der Waals surface area contributed by atoms with Crippen molar-refractivity contribution in [3.63, 3.8) is 0 Å².